The molecule has 0 saturated heterocycles. The van der Waals surface area contributed by atoms with E-state index < -0.39 is 0 Å². The normalized spacial score (nSPS) is 28.4. The van der Waals surface area contributed by atoms with Gasteiger partial charge in [-0.1, -0.05) is 6.07 Å². The molecule has 0 amide bonds. The highest BCUT2D eigenvalue weighted by atomic mass is 16.5. The van der Waals surface area contributed by atoms with E-state index in [4.69, 9.17) is 4.74 Å². The summed E-state index contributed by atoms with van der Waals surface area (Å²) >= 11 is 0. The van der Waals surface area contributed by atoms with E-state index >= 15 is 0 Å². The van der Waals surface area contributed by atoms with Crippen LogP contribution in [-0.2, 0) is 6.42 Å². The van der Waals surface area contributed by atoms with Crippen molar-refractivity contribution in [2.45, 2.75) is 24.7 Å². The predicted molar refractivity (Wildman–Crippen MR) is 68.9 cm³/mol. The molecule has 2 aliphatic rings. The van der Waals surface area contributed by atoms with Crippen LogP contribution in [0.3, 0.4) is 0 Å². The van der Waals surface area contributed by atoms with Crippen molar-refractivity contribution in [1.29, 1.82) is 0 Å². The zero-order chi connectivity index (χ0) is 12.1. The van der Waals surface area contributed by atoms with Gasteiger partial charge < -0.3 is 9.72 Å². The molecule has 0 radical (unpaired) electrons. The molecule has 1 saturated carbocycles. The minimum atomic E-state index is 0.640. The van der Waals surface area contributed by atoms with Crippen LogP contribution < -0.4 is 4.74 Å². The molecule has 1 aromatic heterocycles. The first kappa shape index (κ1) is 10.2. The zero-order valence-electron chi connectivity index (χ0n) is 10.4. The highest BCUT2D eigenvalue weighted by Gasteiger charge is 2.54. The number of benzene rings is 1. The average molecular weight is 240 g/mol. The van der Waals surface area contributed by atoms with Crippen LogP contribution in [-0.4, -0.2) is 17.1 Å². The second-order valence-electron chi connectivity index (χ2n) is 5.33. The Morgan fingerprint density at radius 3 is 3.06 bits per heavy atom. The maximum absolute atomic E-state index is 5.35. The fourth-order valence-electron chi connectivity index (χ4n) is 3.59. The largest absolute Gasteiger partial charge is 0.497 e. The number of aromatic amines is 1. The average Bonchev–Trinajstić information content (AvgIpc) is 2.91. The SMILES string of the molecule is COc1ccc2c(c1)C1C(CC2)C1c1cnc[nH]1. The molecule has 3 nitrogen and oxygen atoms in total. The van der Waals surface area contributed by atoms with E-state index in [1.807, 2.05) is 6.20 Å². The lowest BCUT2D eigenvalue weighted by Crippen LogP contribution is -2.01. The quantitative estimate of drug-likeness (QED) is 0.876. The molecule has 4 rings (SSSR count). The predicted octanol–water partition coefficient (Wildman–Crippen LogP) is 2.86. The topological polar surface area (TPSA) is 37.9 Å². The van der Waals surface area contributed by atoms with Crippen molar-refractivity contribution in [3.63, 3.8) is 0 Å². The maximum atomic E-state index is 5.35. The molecule has 0 aliphatic heterocycles. The Kier molecular flexibility index (Phi) is 2.04. The fourth-order valence-corrected chi connectivity index (χ4v) is 3.59. The van der Waals surface area contributed by atoms with Gasteiger partial charge in [0.1, 0.15) is 5.75 Å². The van der Waals surface area contributed by atoms with Gasteiger partial charge in [0.2, 0.25) is 0 Å². The molecule has 0 bridgehead atoms. The Hall–Kier alpha value is -1.77. The smallest absolute Gasteiger partial charge is 0.119 e. The summed E-state index contributed by atoms with van der Waals surface area (Å²) in [5.41, 5.74) is 4.28. The molecule has 1 aromatic carbocycles. The Morgan fingerprint density at radius 2 is 2.28 bits per heavy atom. The third-order valence-electron chi connectivity index (χ3n) is 4.51. The van der Waals surface area contributed by atoms with E-state index in [9.17, 15) is 0 Å². The lowest BCUT2D eigenvalue weighted by atomic mass is 9.91. The van der Waals surface area contributed by atoms with Crippen LogP contribution in [0.1, 0.15) is 35.1 Å². The number of hydrogen-bond acceptors (Lipinski definition) is 2. The third kappa shape index (κ3) is 1.33. The maximum Gasteiger partial charge on any atom is 0.119 e. The van der Waals surface area contributed by atoms with Crippen molar-refractivity contribution < 1.29 is 4.74 Å². The number of H-pyrrole nitrogens is 1. The van der Waals surface area contributed by atoms with Crippen LogP contribution in [0.15, 0.2) is 30.7 Å². The minimum absolute atomic E-state index is 0.640. The summed E-state index contributed by atoms with van der Waals surface area (Å²) in [7, 11) is 1.74. The number of nitrogens with zero attached hydrogens (tertiary/aromatic N) is 1. The fraction of sp³-hybridized carbons (Fsp3) is 0.400. The van der Waals surface area contributed by atoms with Gasteiger partial charge in [0.25, 0.3) is 0 Å². The van der Waals surface area contributed by atoms with Crippen molar-refractivity contribution in [2.24, 2.45) is 5.92 Å². The first-order valence-corrected chi connectivity index (χ1v) is 6.53. The summed E-state index contributed by atoms with van der Waals surface area (Å²) in [5.74, 6) is 3.08. The summed E-state index contributed by atoms with van der Waals surface area (Å²) < 4.78 is 5.35. The van der Waals surface area contributed by atoms with Gasteiger partial charge in [-0.25, -0.2) is 4.98 Å². The van der Waals surface area contributed by atoms with Crippen molar-refractivity contribution in [2.75, 3.05) is 7.11 Å². The molecular weight excluding hydrogens is 224 g/mol. The molecule has 3 heteroatoms. The van der Waals surface area contributed by atoms with Crippen LogP contribution in [0.2, 0.25) is 0 Å². The Labute approximate surface area is 106 Å². The minimum Gasteiger partial charge on any atom is -0.497 e. The number of rotatable bonds is 2. The lowest BCUT2D eigenvalue weighted by molar-refractivity contribution is 0.413. The highest BCUT2D eigenvalue weighted by Crippen LogP contribution is 2.64. The standard InChI is InChI=1S/C15H16N2O/c1-18-10-4-2-9-3-5-11-14(12(9)6-10)15(11)13-7-16-8-17-13/h2,4,6-8,11,14-15H,3,5H2,1H3,(H,16,17). The zero-order valence-corrected chi connectivity index (χ0v) is 10.4. The number of methoxy groups -OCH3 is 1. The number of imidazole rings is 1. The van der Waals surface area contributed by atoms with Gasteiger partial charge in [-0.3, -0.25) is 0 Å². The first-order chi connectivity index (χ1) is 8.88. The molecule has 2 aromatic rings. The van der Waals surface area contributed by atoms with E-state index in [-0.39, 0.29) is 0 Å². The van der Waals surface area contributed by atoms with Crippen LogP contribution in [0.4, 0.5) is 0 Å². The van der Waals surface area contributed by atoms with Crippen LogP contribution in [0, 0.1) is 5.92 Å². The van der Waals surface area contributed by atoms with E-state index in [2.05, 4.69) is 28.2 Å². The summed E-state index contributed by atoms with van der Waals surface area (Å²) in [5, 5.41) is 0. The van der Waals surface area contributed by atoms with Gasteiger partial charge >= 0.3 is 0 Å². The molecule has 3 atom stereocenters. The third-order valence-corrected chi connectivity index (χ3v) is 4.51. The van der Waals surface area contributed by atoms with Gasteiger partial charge in [-0.15, -0.1) is 0 Å². The monoisotopic (exact) mass is 240 g/mol. The molecule has 0 spiro atoms. The number of ether oxygens (including phenoxy) is 1. The molecule has 1 N–H and O–H groups in total. The summed E-state index contributed by atoms with van der Waals surface area (Å²) in [4.78, 5) is 7.42. The van der Waals surface area contributed by atoms with Gasteiger partial charge in [0.15, 0.2) is 0 Å². The number of hydrogen-bond donors (Lipinski definition) is 1. The van der Waals surface area contributed by atoms with Gasteiger partial charge in [0, 0.05) is 17.8 Å². The molecule has 2 aliphatic carbocycles. The van der Waals surface area contributed by atoms with Crippen molar-refractivity contribution in [3.8, 4) is 5.75 Å². The number of aryl methyl sites for hydroxylation is 1. The molecule has 1 heterocycles. The lowest BCUT2D eigenvalue weighted by Gasteiger charge is -2.15. The molecule has 92 valence electrons. The first-order valence-electron chi connectivity index (χ1n) is 6.53. The highest BCUT2D eigenvalue weighted by molar-refractivity contribution is 5.47. The van der Waals surface area contributed by atoms with Crippen molar-refractivity contribution in [1.82, 2.24) is 9.97 Å². The Morgan fingerprint density at radius 1 is 1.33 bits per heavy atom. The number of aromatic nitrogens is 2. The molecule has 1 fully saturated rings. The number of nitrogens with one attached hydrogen (secondary N) is 1. The molecular formula is C15H16N2O. The van der Waals surface area contributed by atoms with E-state index in [0.717, 1.165) is 11.7 Å². The molecule has 18 heavy (non-hydrogen) atoms. The van der Waals surface area contributed by atoms with Crippen molar-refractivity contribution >= 4 is 0 Å². The van der Waals surface area contributed by atoms with Crippen LogP contribution in [0.5, 0.6) is 5.75 Å². The van der Waals surface area contributed by atoms with E-state index in [0.29, 0.717) is 11.8 Å². The van der Waals surface area contributed by atoms with Crippen LogP contribution >= 0.6 is 0 Å². The number of fused-ring (bicyclic) bond motifs is 3. The van der Waals surface area contributed by atoms with Crippen LogP contribution in [0.25, 0.3) is 0 Å². The Bertz CT molecular complexity index is 576. The second-order valence-corrected chi connectivity index (χ2v) is 5.33. The molecule has 3 unspecified atom stereocenters. The van der Waals surface area contributed by atoms with Gasteiger partial charge in [-0.05, 0) is 47.9 Å². The summed E-state index contributed by atoms with van der Waals surface area (Å²) in [6, 6.07) is 6.53. The second kappa shape index (κ2) is 3.61. The van der Waals surface area contributed by atoms with E-state index in [1.54, 1.807) is 13.4 Å². The van der Waals surface area contributed by atoms with Gasteiger partial charge in [-0.2, -0.15) is 0 Å². The Balaban J connectivity index is 1.73. The van der Waals surface area contributed by atoms with Crippen molar-refractivity contribution in [3.05, 3.63) is 47.5 Å². The van der Waals surface area contributed by atoms with Gasteiger partial charge in [0.05, 0.1) is 13.4 Å². The summed E-state index contributed by atoms with van der Waals surface area (Å²) in [6.07, 6.45) is 6.26. The van der Waals surface area contributed by atoms with E-state index in [1.165, 1.54) is 29.7 Å². The summed E-state index contributed by atoms with van der Waals surface area (Å²) in [6.45, 7) is 0.